The summed E-state index contributed by atoms with van der Waals surface area (Å²) in [6, 6.07) is 6.09. The van der Waals surface area contributed by atoms with E-state index < -0.39 is 0 Å². The summed E-state index contributed by atoms with van der Waals surface area (Å²) >= 11 is 12.4. The third-order valence-corrected chi connectivity index (χ3v) is 5.07. The first kappa shape index (κ1) is 16.1. The van der Waals surface area contributed by atoms with Crippen LogP contribution in [0.25, 0.3) is 0 Å². The molecule has 1 fully saturated rings. The van der Waals surface area contributed by atoms with Gasteiger partial charge in [-0.15, -0.1) is 0 Å². The van der Waals surface area contributed by atoms with Gasteiger partial charge in [-0.05, 0) is 24.7 Å². The Morgan fingerprint density at radius 1 is 1.18 bits per heavy atom. The smallest absolute Gasteiger partial charge is 0.118 e. The van der Waals surface area contributed by atoms with Crippen LogP contribution in [0.4, 0.5) is 0 Å². The summed E-state index contributed by atoms with van der Waals surface area (Å²) in [5.41, 5.74) is 1.13. The first-order chi connectivity index (χ1) is 10.5. The van der Waals surface area contributed by atoms with Crippen LogP contribution in [0, 0.1) is 0 Å². The van der Waals surface area contributed by atoms with E-state index >= 15 is 0 Å². The van der Waals surface area contributed by atoms with Crippen LogP contribution in [0.2, 0.25) is 10.0 Å². The van der Waals surface area contributed by atoms with E-state index in [0.717, 1.165) is 49.9 Å². The first-order valence-corrected chi connectivity index (χ1v) is 8.42. The van der Waals surface area contributed by atoms with E-state index in [-0.39, 0.29) is 0 Å². The number of benzene rings is 1. The highest BCUT2D eigenvalue weighted by Gasteiger charge is 2.32. The average molecular weight is 341 g/mol. The minimum Gasteiger partial charge on any atom is -0.360 e. The van der Waals surface area contributed by atoms with Crippen molar-refractivity contribution in [2.24, 2.45) is 4.99 Å². The standard InChI is InChI=1S/C16H22Cl2N4/c1-20-7-8-22(10-12-3-4-13(17)9-14(12)18)15(11-20)16-19-5-6-21(16)2/h3-4,9,15H,5-8,10-11H2,1-2H3. The molecule has 0 aromatic heterocycles. The van der Waals surface area contributed by atoms with Gasteiger partial charge < -0.3 is 9.80 Å². The van der Waals surface area contributed by atoms with E-state index in [1.807, 2.05) is 18.2 Å². The molecule has 0 saturated carbocycles. The lowest BCUT2D eigenvalue weighted by Crippen LogP contribution is -2.57. The van der Waals surface area contributed by atoms with Gasteiger partial charge in [0.1, 0.15) is 5.84 Å². The Morgan fingerprint density at radius 3 is 2.68 bits per heavy atom. The number of rotatable bonds is 3. The van der Waals surface area contributed by atoms with Gasteiger partial charge in [0.2, 0.25) is 0 Å². The number of hydrogen-bond acceptors (Lipinski definition) is 4. The highest BCUT2D eigenvalue weighted by Crippen LogP contribution is 2.24. The number of amidine groups is 1. The second-order valence-electron chi connectivity index (χ2n) is 6.15. The molecule has 2 aliphatic rings. The maximum atomic E-state index is 6.35. The van der Waals surface area contributed by atoms with Gasteiger partial charge in [0.25, 0.3) is 0 Å². The van der Waals surface area contributed by atoms with Crippen molar-refractivity contribution in [3.63, 3.8) is 0 Å². The molecule has 0 N–H and O–H groups in total. The molecule has 2 aliphatic heterocycles. The molecule has 0 aliphatic carbocycles. The van der Waals surface area contributed by atoms with E-state index in [9.17, 15) is 0 Å². The second-order valence-corrected chi connectivity index (χ2v) is 6.99. The van der Waals surface area contributed by atoms with E-state index in [1.54, 1.807) is 0 Å². The van der Waals surface area contributed by atoms with Crippen LogP contribution in [0.1, 0.15) is 5.56 Å². The molecule has 0 spiro atoms. The van der Waals surface area contributed by atoms with Crippen LogP contribution in [0.15, 0.2) is 23.2 Å². The zero-order valence-electron chi connectivity index (χ0n) is 13.1. The zero-order valence-corrected chi connectivity index (χ0v) is 14.6. The van der Waals surface area contributed by atoms with Crippen LogP contribution < -0.4 is 0 Å². The lowest BCUT2D eigenvalue weighted by molar-refractivity contribution is 0.113. The number of halogens is 2. The summed E-state index contributed by atoms with van der Waals surface area (Å²) < 4.78 is 0. The summed E-state index contributed by atoms with van der Waals surface area (Å²) in [7, 11) is 4.31. The molecule has 2 heterocycles. The minimum atomic E-state index is 0.331. The molecule has 0 bridgehead atoms. The fourth-order valence-corrected chi connectivity index (χ4v) is 3.64. The Balaban J connectivity index is 1.80. The molecule has 1 aromatic rings. The number of hydrogen-bond donors (Lipinski definition) is 0. The highest BCUT2D eigenvalue weighted by atomic mass is 35.5. The molecule has 1 unspecified atom stereocenters. The van der Waals surface area contributed by atoms with Crippen molar-refractivity contribution in [2.45, 2.75) is 12.6 Å². The summed E-state index contributed by atoms with van der Waals surface area (Å²) in [5.74, 6) is 1.21. The third kappa shape index (κ3) is 3.40. The van der Waals surface area contributed by atoms with Crippen molar-refractivity contribution < 1.29 is 0 Å². The van der Waals surface area contributed by atoms with Crippen LogP contribution in [0.3, 0.4) is 0 Å². The number of aliphatic imine (C=N–C) groups is 1. The van der Waals surface area contributed by atoms with Crippen molar-refractivity contribution in [1.82, 2.24) is 14.7 Å². The SMILES string of the molecule is CN1CCN(Cc2ccc(Cl)cc2Cl)C(C2=NCCN2C)C1. The molecule has 4 nitrogen and oxygen atoms in total. The second kappa shape index (κ2) is 6.75. The maximum absolute atomic E-state index is 6.35. The van der Waals surface area contributed by atoms with E-state index in [4.69, 9.17) is 28.2 Å². The van der Waals surface area contributed by atoms with Gasteiger partial charge in [0.05, 0.1) is 12.6 Å². The molecular weight excluding hydrogens is 319 g/mol. The Labute approximate surface area is 142 Å². The van der Waals surface area contributed by atoms with Crippen LogP contribution in [-0.2, 0) is 6.54 Å². The van der Waals surface area contributed by atoms with Crippen molar-refractivity contribution in [3.8, 4) is 0 Å². The van der Waals surface area contributed by atoms with Crippen molar-refractivity contribution in [3.05, 3.63) is 33.8 Å². The normalized spacial score (nSPS) is 23.9. The quantitative estimate of drug-likeness (QED) is 0.843. The van der Waals surface area contributed by atoms with Crippen molar-refractivity contribution >= 4 is 29.0 Å². The molecule has 22 heavy (non-hydrogen) atoms. The molecule has 3 rings (SSSR count). The average Bonchev–Trinajstić information content (AvgIpc) is 2.89. The fraction of sp³-hybridized carbons (Fsp3) is 0.562. The van der Waals surface area contributed by atoms with E-state index in [2.05, 4.69) is 28.8 Å². The number of nitrogens with zero attached hydrogens (tertiary/aromatic N) is 4. The van der Waals surface area contributed by atoms with Crippen molar-refractivity contribution in [2.75, 3.05) is 46.8 Å². The minimum absolute atomic E-state index is 0.331. The number of piperazine rings is 1. The van der Waals surface area contributed by atoms with Gasteiger partial charge in [-0.25, -0.2) is 0 Å². The Hall–Kier alpha value is -0.810. The Bertz CT molecular complexity index is 575. The monoisotopic (exact) mass is 340 g/mol. The molecule has 1 atom stereocenters. The molecule has 6 heteroatoms. The van der Waals surface area contributed by atoms with Gasteiger partial charge in [-0.1, -0.05) is 29.3 Å². The lowest BCUT2D eigenvalue weighted by Gasteiger charge is -2.41. The van der Waals surface area contributed by atoms with Crippen molar-refractivity contribution in [1.29, 1.82) is 0 Å². The lowest BCUT2D eigenvalue weighted by atomic mass is 10.1. The van der Waals surface area contributed by atoms with Gasteiger partial charge in [0.15, 0.2) is 0 Å². The number of likely N-dealkylation sites (N-methyl/N-ethyl adjacent to an activating group) is 2. The fourth-order valence-electron chi connectivity index (χ4n) is 3.17. The third-order valence-electron chi connectivity index (χ3n) is 4.48. The topological polar surface area (TPSA) is 22.1 Å². The zero-order chi connectivity index (χ0) is 15.7. The maximum Gasteiger partial charge on any atom is 0.118 e. The molecular formula is C16H22Cl2N4. The first-order valence-electron chi connectivity index (χ1n) is 7.66. The Kier molecular flexibility index (Phi) is 4.93. The molecule has 1 saturated heterocycles. The van der Waals surface area contributed by atoms with Gasteiger partial charge in [-0.2, -0.15) is 0 Å². The van der Waals surface area contributed by atoms with Gasteiger partial charge in [-0.3, -0.25) is 9.89 Å². The molecule has 0 radical (unpaired) electrons. The summed E-state index contributed by atoms with van der Waals surface area (Å²) in [5, 5.41) is 1.43. The van der Waals surface area contributed by atoms with Gasteiger partial charge in [0, 0.05) is 49.8 Å². The van der Waals surface area contributed by atoms with Gasteiger partial charge >= 0.3 is 0 Å². The van der Waals surface area contributed by atoms with Crippen LogP contribution in [0.5, 0.6) is 0 Å². The predicted molar refractivity (Wildman–Crippen MR) is 93.1 cm³/mol. The van der Waals surface area contributed by atoms with E-state index in [1.165, 1.54) is 5.84 Å². The molecule has 0 amide bonds. The summed E-state index contributed by atoms with van der Waals surface area (Å²) in [6.45, 7) is 5.86. The van der Waals surface area contributed by atoms with Crippen LogP contribution in [-0.4, -0.2) is 73.4 Å². The molecule has 120 valence electrons. The summed E-state index contributed by atoms with van der Waals surface area (Å²) in [4.78, 5) is 11.9. The predicted octanol–water partition coefficient (Wildman–Crippen LogP) is 2.45. The van der Waals surface area contributed by atoms with Crippen LogP contribution >= 0.6 is 23.2 Å². The summed E-state index contributed by atoms with van der Waals surface area (Å²) in [6.07, 6.45) is 0. The molecule has 1 aromatic carbocycles. The Morgan fingerprint density at radius 2 is 2.00 bits per heavy atom. The largest absolute Gasteiger partial charge is 0.360 e. The highest BCUT2D eigenvalue weighted by molar-refractivity contribution is 6.35. The van der Waals surface area contributed by atoms with E-state index in [0.29, 0.717) is 11.1 Å².